The molecule has 2 heteroatoms. The molecule has 2 nitrogen and oxygen atoms in total. The molecular weight excluding hydrogens is 210 g/mol. The number of rotatable bonds is 2. The standard InChI is InChI=1S/C15H13NO/c1-11-2-5-14(6-3-11)17-15-7-4-12-9-16-10-13(12)8-15/h2-8,10H,9H2,1H3. The molecule has 1 heterocycles. The van der Waals surface area contributed by atoms with Crippen LogP contribution in [0, 0.1) is 6.92 Å². The van der Waals surface area contributed by atoms with Gasteiger partial charge in [-0.15, -0.1) is 0 Å². The molecule has 0 radical (unpaired) electrons. The molecule has 0 aliphatic carbocycles. The first-order valence-electron chi connectivity index (χ1n) is 5.68. The number of aliphatic imine (C=N–C) groups is 1. The van der Waals surface area contributed by atoms with Crippen LogP contribution in [0.1, 0.15) is 16.7 Å². The lowest BCUT2D eigenvalue weighted by Crippen LogP contribution is -1.88. The van der Waals surface area contributed by atoms with E-state index in [1.54, 1.807) is 0 Å². The van der Waals surface area contributed by atoms with Crippen molar-refractivity contribution in [1.82, 2.24) is 0 Å². The lowest BCUT2D eigenvalue weighted by molar-refractivity contribution is 0.482. The fourth-order valence-electron chi connectivity index (χ4n) is 1.89. The summed E-state index contributed by atoms with van der Waals surface area (Å²) >= 11 is 0. The molecule has 0 bridgehead atoms. The van der Waals surface area contributed by atoms with Crippen molar-refractivity contribution in [3.05, 3.63) is 59.2 Å². The Balaban J connectivity index is 1.85. The number of benzene rings is 2. The van der Waals surface area contributed by atoms with E-state index in [0.717, 1.165) is 23.6 Å². The lowest BCUT2D eigenvalue weighted by atomic mass is 10.1. The molecule has 0 atom stereocenters. The second-order valence-corrected chi connectivity index (χ2v) is 4.25. The highest BCUT2D eigenvalue weighted by molar-refractivity contribution is 5.85. The van der Waals surface area contributed by atoms with Gasteiger partial charge in [-0.25, -0.2) is 0 Å². The Bertz CT molecular complexity index is 570. The molecule has 84 valence electrons. The molecule has 0 aromatic heterocycles. The largest absolute Gasteiger partial charge is 0.457 e. The Hall–Kier alpha value is -2.09. The summed E-state index contributed by atoms with van der Waals surface area (Å²) in [7, 11) is 0. The normalized spacial score (nSPS) is 12.5. The van der Waals surface area contributed by atoms with Crippen LogP contribution in [0.3, 0.4) is 0 Å². The van der Waals surface area contributed by atoms with Crippen LogP contribution in [0.2, 0.25) is 0 Å². The SMILES string of the molecule is Cc1ccc(Oc2ccc3c(c2)C=NC3)cc1. The summed E-state index contributed by atoms with van der Waals surface area (Å²) in [6.07, 6.45) is 1.90. The highest BCUT2D eigenvalue weighted by Gasteiger charge is 2.07. The topological polar surface area (TPSA) is 21.6 Å². The Morgan fingerprint density at radius 1 is 1.00 bits per heavy atom. The van der Waals surface area contributed by atoms with E-state index in [2.05, 4.69) is 18.0 Å². The van der Waals surface area contributed by atoms with Crippen LogP contribution < -0.4 is 4.74 Å². The van der Waals surface area contributed by atoms with Crippen molar-refractivity contribution in [2.75, 3.05) is 0 Å². The molecule has 17 heavy (non-hydrogen) atoms. The summed E-state index contributed by atoms with van der Waals surface area (Å²) in [5, 5.41) is 0. The van der Waals surface area contributed by atoms with E-state index in [4.69, 9.17) is 4.74 Å². The molecule has 2 aromatic carbocycles. The first-order chi connectivity index (χ1) is 8.31. The van der Waals surface area contributed by atoms with E-state index >= 15 is 0 Å². The molecule has 2 aromatic rings. The molecule has 0 N–H and O–H groups in total. The maximum absolute atomic E-state index is 5.80. The molecule has 0 spiro atoms. The van der Waals surface area contributed by atoms with Crippen LogP contribution in [0.4, 0.5) is 0 Å². The van der Waals surface area contributed by atoms with E-state index in [9.17, 15) is 0 Å². The zero-order valence-electron chi connectivity index (χ0n) is 9.68. The first-order valence-corrected chi connectivity index (χ1v) is 5.68. The van der Waals surface area contributed by atoms with Crippen molar-refractivity contribution < 1.29 is 4.74 Å². The maximum atomic E-state index is 5.80. The van der Waals surface area contributed by atoms with Gasteiger partial charge in [0.05, 0.1) is 6.54 Å². The molecule has 3 rings (SSSR count). The third-order valence-electron chi connectivity index (χ3n) is 2.87. The van der Waals surface area contributed by atoms with Crippen LogP contribution in [0.5, 0.6) is 11.5 Å². The summed E-state index contributed by atoms with van der Waals surface area (Å²) < 4.78 is 5.80. The summed E-state index contributed by atoms with van der Waals surface area (Å²) in [5.41, 5.74) is 3.66. The minimum atomic E-state index is 0.792. The van der Waals surface area contributed by atoms with Gasteiger partial charge in [-0.05, 0) is 36.8 Å². The van der Waals surface area contributed by atoms with Crippen LogP contribution in [0.15, 0.2) is 47.5 Å². The van der Waals surface area contributed by atoms with Crippen LogP contribution >= 0.6 is 0 Å². The summed E-state index contributed by atoms with van der Waals surface area (Å²) in [6, 6.07) is 14.2. The van der Waals surface area contributed by atoms with E-state index in [-0.39, 0.29) is 0 Å². The quantitative estimate of drug-likeness (QED) is 0.760. The molecule has 1 aliphatic rings. The lowest BCUT2D eigenvalue weighted by Gasteiger charge is -2.07. The number of nitrogens with zero attached hydrogens (tertiary/aromatic N) is 1. The maximum Gasteiger partial charge on any atom is 0.128 e. The van der Waals surface area contributed by atoms with E-state index < -0.39 is 0 Å². The molecule has 0 amide bonds. The van der Waals surface area contributed by atoms with Gasteiger partial charge in [-0.2, -0.15) is 0 Å². The monoisotopic (exact) mass is 223 g/mol. The first kappa shape index (κ1) is 10.1. The number of ether oxygens (including phenoxy) is 1. The Morgan fingerprint density at radius 2 is 1.76 bits per heavy atom. The zero-order valence-corrected chi connectivity index (χ0v) is 9.68. The van der Waals surface area contributed by atoms with Crippen LogP contribution in [-0.4, -0.2) is 6.21 Å². The Kier molecular flexibility index (Phi) is 2.41. The fourth-order valence-corrected chi connectivity index (χ4v) is 1.89. The highest BCUT2D eigenvalue weighted by atomic mass is 16.5. The van der Waals surface area contributed by atoms with Crippen molar-refractivity contribution in [3.63, 3.8) is 0 Å². The van der Waals surface area contributed by atoms with Crippen molar-refractivity contribution >= 4 is 6.21 Å². The number of aryl methyl sites for hydroxylation is 1. The second kappa shape index (κ2) is 4.06. The number of hydrogen-bond acceptors (Lipinski definition) is 2. The van der Waals surface area contributed by atoms with Gasteiger partial charge >= 0.3 is 0 Å². The van der Waals surface area contributed by atoms with Crippen molar-refractivity contribution in [1.29, 1.82) is 0 Å². The van der Waals surface area contributed by atoms with Gasteiger partial charge in [0.15, 0.2) is 0 Å². The summed E-state index contributed by atoms with van der Waals surface area (Å²) in [6.45, 7) is 2.86. The molecule has 0 saturated heterocycles. The van der Waals surface area contributed by atoms with Crippen molar-refractivity contribution in [2.45, 2.75) is 13.5 Å². The molecular formula is C15H13NO. The third kappa shape index (κ3) is 2.07. The zero-order chi connectivity index (χ0) is 11.7. The van der Waals surface area contributed by atoms with Gasteiger partial charge in [-0.3, -0.25) is 4.99 Å². The molecule has 0 fully saturated rings. The average molecular weight is 223 g/mol. The number of fused-ring (bicyclic) bond motifs is 1. The fraction of sp³-hybridized carbons (Fsp3) is 0.133. The predicted molar refractivity (Wildman–Crippen MR) is 69.0 cm³/mol. The molecule has 0 unspecified atom stereocenters. The van der Waals surface area contributed by atoms with Gasteiger partial charge in [0.25, 0.3) is 0 Å². The average Bonchev–Trinajstić information content (AvgIpc) is 2.79. The minimum Gasteiger partial charge on any atom is -0.457 e. The third-order valence-corrected chi connectivity index (χ3v) is 2.87. The van der Waals surface area contributed by atoms with Crippen LogP contribution in [-0.2, 0) is 6.54 Å². The number of hydrogen-bond donors (Lipinski definition) is 0. The summed E-state index contributed by atoms with van der Waals surface area (Å²) in [4.78, 5) is 4.23. The highest BCUT2D eigenvalue weighted by Crippen LogP contribution is 2.25. The van der Waals surface area contributed by atoms with Gasteiger partial charge in [0.1, 0.15) is 11.5 Å². The van der Waals surface area contributed by atoms with Crippen molar-refractivity contribution in [3.8, 4) is 11.5 Å². The van der Waals surface area contributed by atoms with Crippen molar-refractivity contribution in [2.24, 2.45) is 4.99 Å². The summed E-state index contributed by atoms with van der Waals surface area (Å²) in [5.74, 6) is 1.73. The van der Waals surface area contributed by atoms with Gasteiger partial charge < -0.3 is 4.74 Å². The van der Waals surface area contributed by atoms with Crippen LogP contribution in [0.25, 0.3) is 0 Å². The van der Waals surface area contributed by atoms with Gasteiger partial charge in [-0.1, -0.05) is 23.8 Å². The predicted octanol–water partition coefficient (Wildman–Crippen LogP) is 3.72. The smallest absolute Gasteiger partial charge is 0.128 e. The van der Waals surface area contributed by atoms with E-state index in [1.165, 1.54) is 11.1 Å². The van der Waals surface area contributed by atoms with E-state index in [0.29, 0.717) is 0 Å². The second-order valence-electron chi connectivity index (χ2n) is 4.25. The minimum absolute atomic E-state index is 0.792. The van der Waals surface area contributed by atoms with Gasteiger partial charge in [0.2, 0.25) is 0 Å². The van der Waals surface area contributed by atoms with E-state index in [1.807, 2.05) is 42.6 Å². The Labute approximate surface area is 101 Å². The van der Waals surface area contributed by atoms with Gasteiger partial charge in [0, 0.05) is 11.8 Å². The Morgan fingerprint density at radius 3 is 2.59 bits per heavy atom. The molecule has 0 saturated carbocycles. The molecule has 1 aliphatic heterocycles.